The Balaban J connectivity index is 1.64. The van der Waals surface area contributed by atoms with E-state index in [1.807, 2.05) is 12.1 Å². The Kier molecular flexibility index (Phi) is 6.66. The van der Waals surface area contributed by atoms with E-state index in [9.17, 15) is 9.59 Å². The number of hydrogen-bond donors (Lipinski definition) is 2. The molecule has 0 atom stereocenters. The van der Waals surface area contributed by atoms with Crippen LogP contribution < -0.4 is 15.4 Å². The molecule has 3 rings (SSSR count). The zero-order valence-corrected chi connectivity index (χ0v) is 16.4. The zero-order valence-electron chi connectivity index (χ0n) is 16.4. The maximum absolute atomic E-state index is 12.7. The number of piperidine rings is 1. The van der Waals surface area contributed by atoms with Crippen LogP contribution in [0, 0.1) is 5.92 Å². The van der Waals surface area contributed by atoms with Crippen molar-refractivity contribution < 1.29 is 14.3 Å². The molecular weight excluding hydrogens is 354 g/mol. The molecule has 1 fully saturated rings. The number of carbonyl (C=O) groups is 2. The lowest BCUT2D eigenvalue weighted by Gasteiger charge is -2.29. The first kappa shape index (κ1) is 19.9. The fraction of sp³-hybridized carbons (Fsp3) is 0.364. The molecule has 1 heterocycles. The Hall–Kier alpha value is -2.86. The molecule has 1 aliphatic rings. The topological polar surface area (TPSA) is 70.7 Å². The van der Waals surface area contributed by atoms with Crippen LogP contribution in [0.3, 0.4) is 0 Å². The Morgan fingerprint density at radius 1 is 1.07 bits per heavy atom. The molecular formula is C22H27N3O3. The van der Waals surface area contributed by atoms with E-state index in [0.29, 0.717) is 29.2 Å². The number of amides is 2. The van der Waals surface area contributed by atoms with E-state index in [1.165, 1.54) is 0 Å². The van der Waals surface area contributed by atoms with Crippen LogP contribution in [0.15, 0.2) is 48.5 Å². The van der Waals surface area contributed by atoms with E-state index in [0.717, 1.165) is 31.8 Å². The van der Waals surface area contributed by atoms with Gasteiger partial charge in [-0.3, -0.25) is 14.5 Å². The molecule has 148 valence electrons. The average Bonchev–Trinajstić information content (AvgIpc) is 2.70. The van der Waals surface area contributed by atoms with Gasteiger partial charge >= 0.3 is 0 Å². The minimum Gasteiger partial charge on any atom is -0.497 e. The summed E-state index contributed by atoms with van der Waals surface area (Å²) in [5.74, 6) is 1.00. The van der Waals surface area contributed by atoms with Crippen molar-refractivity contribution >= 4 is 23.2 Å². The number of likely N-dealkylation sites (tertiary alicyclic amines) is 1. The molecule has 0 aromatic heterocycles. The van der Waals surface area contributed by atoms with Gasteiger partial charge in [0.15, 0.2) is 0 Å². The summed E-state index contributed by atoms with van der Waals surface area (Å²) >= 11 is 0. The van der Waals surface area contributed by atoms with Crippen molar-refractivity contribution in [1.29, 1.82) is 0 Å². The highest BCUT2D eigenvalue weighted by Crippen LogP contribution is 2.21. The lowest BCUT2D eigenvalue weighted by Crippen LogP contribution is -2.38. The van der Waals surface area contributed by atoms with Crippen molar-refractivity contribution in [3.8, 4) is 5.75 Å². The van der Waals surface area contributed by atoms with Gasteiger partial charge in [0.25, 0.3) is 5.91 Å². The lowest BCUT2D eigenvalue weighted by molar-refractivity contribution is -0.117. The second kappa shape index (κ2) is 9.37. The van der Waals surface area contributed by atoms with Crippen LogP contribution in [0.4, 0.5) is 11.4 Å². The van der Waals surface area contributed by atoms with Crippen molar-refractivity contribution in [1.82, 2.24) is 4.90 Å². The van der Waals surface area contributed by atoms with Gasteiger partial charge in [-0.1, -0.05) is 25.1 Å². The molecule has 0 spiro atoms. The molecule has 6 heteroatoms. The van der Waals surface area contributed by atoms with Crippen LogP contribution in [0.5, 0.6) is 5.75 Å². The number of para-hydroxylation sites is 1. The molecule has 1 aliphatic heterocycles. The zero-order chi connectivity index (χ0) is 19.9. The summed E-state index contributed by atoms with van der Waals surface area (Å²) in [4.78, 5) is 27.4. The molecule has 0 radical (unpaired) electrons. The quantitative estimate of drug-likeness (QED) is 0.802. The molecule has 0 bridgehead atoms. The van der Waals surface area contributed by atoms with E-state index in [2.05, 4.69) is 22.5 Å². The summed E-state index contributed by atoms with van der Waals surface area (Å²) in [7, 11) is 1.58. The van der Waals surface area contributed by atoms with Crippen LogP contribution >= 0.6 is 0 Å². The largest absolute Gasteiger partial charge is 0.497 e. The first-order valence-electron chi connectivity index (χ1n) is 9.62. The van der Waals surface area contributed by atoms with Crippen LogP contribution in [0.25, 0.3) is 0 Å². The van der Waals surface area contributed by atoms with Crippen molar-refractivity contribution in [3.05, 3.63) is 54.1 Å². The highest BCUT2D eigenvalue weighted by Gasteiger charge is 2.19. The summed E-state index contributed by atoms with van der Waals surface area (Å²) in [6.45, 7) is 4.46. The number of hydrogen-bond acceptors (Lipinski definition) is 4. The molecule has 0 unspecified atom stereocenters. The fourth-order valence-electron chi connectivity index (χ4n) is 3.30. The SMILES string of the molecule is COc1cccc(NC(=O)c2ccccc2NC(=O)CN2CCC(C)CC2)c1. The maximum atomic E-state index is 12.7. The minimum absolute atomic E-state index is 0.101. The van der Waals surface area contributed by atoms with Gasteiger partial charge in [0.05, 0.1) is 24.9 Å². The summed E-state index contributed by atoms with van der Waals surface area (Å²) in [6.07, 6.45) is 2.24. The number of benzene rings is 2. The van der Waals surface area contributed by atoms with Gasteiger partial charge in [0.2, 0.25) is 5.91 Å². The van der Waals surface area contributed by atoms with Gasteiger partial charge in [-0.25, -0.2) is 0 Å². The third kappa shape index (κ3) is 5.33. The Morgan fingerprint density at radius 3 is 2.57 bits per heavy atom. The summed E-state index contributed by atoms with van der Waals surface area (Å²) in [5.41, 5.74) is 1.57. The molecule has 2 aromatic rings. The van der Waals surface area contributed by atoms with Gasteiger partial charge in [-0.2, -0.15) is 0 Å². The van der Waals surface area contributed by atoms with Crippen LogP contribution in [-0.2, 0) is 4.79 Å². The Labute approximate surface area is 165 Å². The third-order valence-electron chi connectivity index (χ3n) is 5.02. The van der Waals surface area contributed by atoms with Crippen LogP contribution in [0.1, 0.15) is 30.1 Å². The lowest BCUT2D eigenvalue weighted by atomic mass is 9.99. The number of nitrogens with zero attached hydrogens (tertiary/aromatic N) is 1. The third-order valence-corrected chi connectivity index (χ3v) is 5.02. The Morgan fingerprint density at radius 2 is 1.82 bits per heavy atom. The van der Waals surface area contributed by atoms with Crippen LogP contribution in [-0.4, -0.2) is 43.5 Å². The van der Waals surface area contributed by atoms with Crippen molar-refractivity contribution in [2.45, 2.75) is 19.8 Å². The average molecular weight is 381 g/mol. The van der Waals surface area contributed by atoms with Gasteiger partial charge in [0.1, 0.15) is 5.75 Å². The number of methoxy groups -OCH3 is 1. The van der Waals surface area contributed by atoms with E-state index >= 15 is 0 Å². The number of carbonyl (C=O) groups excluding carboxylic acids is 2. The maximum Gasteiger partial charge on any atom is 0.257 e. The smallest absolute Gasteiger partial charge is 0.257 e. The van der Waals surface area contributed by atoms with E-state index in [1.54, 1.807) is 43.5 Å². The van der Waals surface area contributed by atoms with Crippen molar-refractivity contribution in [2.24, 2.45) is 5.92 Å². The molecule has 6 nitrogen and oxygen atoms in total. The summed E-state index contributed by atoms with van der Waals surface area (Å²) in [6, 6.07) is 14.2. The standard InChI is InChI=1S/C22H27N3O3/c1-16-10-12-25(13-11-16)15-21(26)24-20-9-4-3-8-19(20)22(27)23-17-6-5-7-18(14-17)28-2/h3-9,14,16H,10-13,15H2,1-2H3,(H,23,27)(H,24,26). The number of rotatable bonds is 6. The molecule has 0 saturated carbocycles. The first-order valence-corrected chi connectivity index (χ1v) is 9.62. The molecule has 0 aliphatic carbocycles. The second-order valence-electron chi connectivity index (χ2n) is 7.24. The Bertz CT molecular complexity index is 829. The normalized spacial score (nSPS) is 15.1. The summed E-state index contributed by atoms with van der Waals surface area (Å²) in [5, 5.41) is 5.74. The minimum atomic E-state index is -0.282. The predicted molar refractivity (Wildman–Crippen MR) is 111 cm³/mol. The van der Waals surface area contributed by atoms with Crippen molar-refractivity contribution in [2.75, 3.05) is 37.4 Å². The highest BCUT2D eigenvalue weighted by molar-refractivity contribution is 6.10. The van der Waals surface area contributed by atoms with E-state index in [4.69, 9.17) is 4.74 Å². The number of ether oxygens (including phenoxy) is 1. The van der Waals surface area contributed by atoms with E-state index < -0.39 is 0 Å². The van der Waals surface area contributed by atoms with Gasteiger partial charge in [-0.05, 0) is 56.1 Å². The molecule has 2 amide bonds. The number of anilines is 2. The fourth-order valence-corrected chi connectivity index (χ4v) is 3.30. The predicted octanol–water partition coefficient (Wildman–Crippen LogP) is 3.62. The highest BCUT2D eigenvalue weighted by atomic mass is 16.5. The monoisotopic (exact) mass is 381 g/mol. The van der Waals surface area contributed by atoms with Gasteiger partial charge in [-0.15, -0.1) is 0 Å². The van der Waals surface area contributed by atoms with Crippen molar-refractivity contribution in [3.63, 3.8) is 0 Å². The first-order chi connectivity index (χ1) is 13.5. The van der Waals surface area contributed by atoms with Gasteiger partial charge in [0, 0.05) is 11.8 Å². The number of nitrogens with one attached hydrogen (secondary N) is 2. The van der Waals surface area contributed by atoms with E-state index in [-0.39, 0.29) is 11.8 Å². The molecule has 2 N–H and O–H groups in total. The van der Waals surface area contributed by atoms with Crippen LogP contribution in [0.2, 0.25) is 0 Å². The summed E-state index contributed by atoms with van der Waals surface area (Å²) < 4.78 is 5.18. The second-order valence-corrected chi connectivity index (χ2v) is 7.24. The molecule has 28 heavy (non-hydrogen) atoms. The van der Waals surface area contributed by atoms with Gasteiger partial charge < -0.3 is 15.4 Å². The molecule has 1 saturated heterocycles. The molecule has 2 aromatic carbocycles.